The zero-order valence-corrected chi connectivity index (χ0v) is 15.5. The molecule has 0 atom stereocenters. The summed E-state index contributed by atoms with van der Waals surface area (Å²) in [5, 5.41) is 8.79. The third kappa shape index (κ3) is 8.89. The summed E-state index contributed by atoms with van der Waals surface area (Å²) in [4.78, 5) is 7.80. The first-order valence-corrected chi connectivity index (χ1v) is 8.63. The summed E-state index contributed by atoms with van der Waals surface area (Å²) < 4.78 is 44.1. The molecule has 1 aromatic heterocycles. The lowest BCUT2D eigenvalue weighted by Gasteiger charge is -2.15. The molecule has 0 aromatic carbocycles. The number of aliphatic imine (C=N–C) groups is 1. The minimum atomic E-state index is -4.43. The molecule has 6 nitrogen and oxygen atoms in total. The van der Waals surface area contributed by atoms with Crippen LogP contribution in [0.25, 0.3) is 0 Å². The van der Waals surface area contributed by atoms with Crippen molar-refractivity contribution >= 4 is 11.8 Å². The van der Waals surface area contributed by atoms with Gasteiger partial charge in [-0.05, 0) is 24.5 Å². The van der Waals surface area contributed by atoms with Crippen LogP contribution in [0.5, 0.6) is 0 Å². The summed E-state index contributed by atoms with van der Waals surface area (Å²) in [7, 11) is 1.63. The molecule has 26 heavy (non-hydrogen) atoms. The normalized spacial score (nSPS) is 12.3. The lowest BCUT2D eigenvalue weighted by molar-refractivity contribution is -0.137. The van der Waals surface area contributed by atoms with Crippen LogP contribution < -0.4 is 16.0 Å². The van der Waals surface area contributed by atoms with Crippen molar-refractivity contribution in [2.75, 3.05) is 45.2 Å². The highest BCUT2D eigenvalue weighted by atomic mass is 19.4. The van der Waals surface area contributed by atoms with Crippen molar-refractivity contribution in [3.8, 4) is 0 Å². The molecule has 1 heterocycles. The molecule has 0 aliphatic rings. The van der Waals surface area contributed by atoms with Crippen molar-refractivity contribution in [1.82, 2.24) is 15.6 Å². The molecule has 148 valence electrons. The van der Waals surface area contributed by atoms with Gasteiger partial charge in [-0.1, -0.05) is 13.8 Å². The Hall–Kier alpha value is -2.03. The van der Waals surface area contributed by atoms with Crippen LogP contribution in [0.4, 0.5) is 19.0 Å². The van der Waals surface area contributed by atoms with E-state index in [1.807, 2.05) is 0 Å². The molecule has 0 aliphatic heterocycles. The number of halogens is 3. The second kappa shape index (κ2) is 11.6. The summed E-state index contributed by atoms with van der Waals surface area (Å²) in [6, 6.07) is 2.27. The van der Waals surface area contributed by atoms with Gasteiger partial charge in [0.25, 0.3) is 0 Å². The summed E-state index contributed by atoms with van der Waals surface area (Å²) in [6.45, 7) is 6.83. The third-order valence-corrected chi connectivity index (χ3v) is 3.42. The van der Waals surface area contributed by atoms with Crippen LogP contribution in [0.15, 0.2) is 23.3 Å². The predicted molar refractivity (Wildman–Crippen MR) is 97.4 cm³/mol. The minimum absolute atomic E-state index is 0.178. The number of ether oxygens (including phenoxy) is 1. The van der Waals surface area contributed by atoms with Crippen molar-refractivity contribution in [3.63, 3.8) is 0 Å². The van der Waals surface area contributed by atoms with Crippen molar-refractivity contribution in [2.45, 2.75) is 26.4 Å². The monoisotopic (exact) mass is 375 g/mol. The molecule has 0 saturated heterocycles. The second-order valence-corrected chi connectivity index (χ2v) is 6.04. The van der Waals surface area contributed by atoms with Crippen LogP contribution in [0, 0.1) is 5.92 Å². The lowest BCUT2D eigenvalue weighted by Crippen LogP contribution is -2.41. The number of aromatic nitrogens is 1. The van der Waals surface area contributed by atoms with Crippen LogP contribution in [-0.2, 0) is 10.9 Å². The Morgan fingerprint density at radius 2 is 1.92 bits per heavy atom. The fourth-order valence-electron chi connectivity index (χ4n) is 2.02. The summed E-state index contributed by atoms with van der Waals surface area (Å²) in [6.07, 6.45) is -2.09. The first-order chi connectivity index (χ1) is 12.3. The maximum absolute atomic E-state index is 12.9. The molecule has 0 bridgehead atoms. The first-order valence-electron chi connectivity index (χ1n) is 8.63. The van der Waals surface area contributed by atoms with E-state index in [0.29, 0.717) is 31.6 Å². The molecule has 0 aliphatic carbocycles. The maximum Gasteiger partial charge on any atom is 0.419 e. The molecule has 0 amide bonds. The fourth-order valence-corrected chi connectivity index (χ4v) is 2.02. The van der Waals surface area contributed by atoms with Gasteiger partial charge in [-0.3, -0.25) is 4.99 Å². The van der Waals surface area contributed by atoms with Crippen molar-refractivity contribution < 1.29 is 17.9 Å². The van der Waals surface area contributed by atoms with Gasteiger partial charge in [0, 0.05) is 39.5 Å². The summed E-state index contributed by atoms with van der Waals surface area (Å²) >= 11 is 0. The molecule has 1 rings (SSSR count). The average molecular weight is 375 g/mol. The van der Waals surface area contributed by atoms with Crippen LogP contribution in [0.2, 0.25) is 0 Å². The number of nitrogens with one attached hydrogen (secondary N) is 3. The SMILES string of the molecule is CN=C(NCCNc1ncccc1C(F)(F)F)NCCOCCC(C)C. The molecule has 0 saturated carbocycles. The van der Waals surface area contributed by atoms with Crippen LogP contribution >= 0.6 is 0 Å². The van der Waals surface area contributed by atoms with Gasteiger partial charge in [-0.15, -0.1) is 0 Å². The Kier molecular flexibility index (Phi) is 9.79. The Bertz CT molecular complexity index is 549. The molecule has 0 unspecified atom stereocenters. The van der Waals surface area contributed by atoms with E-state index in [4.69, 9.17) is 4.74 Å². The molecule has 0 radical (unpaired) electrons. The molecule has 1 aromatic rings. The Labute approximate surface area is 152 Å². The van der Waals surface area contributed by atoms with Crippen LogP contribution in [-0.4, -0.2) is 50.8 Å². The van der Waals surface area contributed by atoms with Crippen molar-refractivity contribution in [2.24, 2.45) is 10.9 Å². The molecule has 0 spiro atoms. The van der Waals surface area contributed by atoms with Gasteiger partial charge in [0.15, 0.2) is 5.96 Å². The number of guanidine groups is 1. The number of hydrogen-bond acceptors (Lipinski definition) is 4. The number of pyridine rings is 1. The van der Waals surface area contributed by atoms with Gasteiger partial charge in [0.2, 0.25) is 0 Å². The minimum Gasteiger partial charge on any atom is -0.380 e. The number of anilines is 1. The fraction of sp³-hybridized carbons (Fsp3) is 0.647. The number of alkyl halides is 3. The quantitative estimate of drug-likeness (QED) is 0.333. The molecule has 0 fully saturated rings. The third-order valence-electron chi connectivity index (χ3n) is 3.42. The van der Waals surface area contributed by atoms with Crippen molar-refractivity contribution in [3.05, 3.63) is 23.9 Å². The van der Waals surface area contributed by atoms with E-state index in [2.05, 4.69) is 39.8 Å². The topological polar surface area (TPSA) is 70.6 Å². The maximum atomic E-state index is 12.9. The zero-order valence-electron chi connectivity index (χ0n) is 15.5. The highest BCUT2D eigenvalue weighted by Gasteiger charge is 2.33. The highest BCUT2D eigenvalue weighted by molar-refractivity contribution is 5.79. The Morgan fingerprint density at radius 1 is 1.19 bits per heavy atom. The van der Waals surface area contributed by atoms with E-state index in [-0.39, 0.29) is 12.4 Å². The van der Waals surface area contributed by atoms with Gasteiger partial charge in [0.05, 0.1) is 12.2 Å². The summed E-state index contributed by atoms with van der Waals surface area (Å²) in [5.74, 6) is 1.00. The smallest absolute Gasteiger partial charge is 0.380 e. The lowest BCUT2D eigenvalue weighted by atomic mass is 10.1. The van der Waals surface area contributed by atoms with Gasteiger partial charge >= 0.3 is 6.18 Å². The predicted octanol–water partition coefficient (Wildman–Crippen LogP) is 2.74. The Balaban J connectivity index is 2.26. The average Bonchev–Trinajstić information content (AvgIpc) is 2.59. The highest BCUT2D eigenvalue weighted by Crippen LogP contribution is 2.33. The van der Waals surface area contributed by atoms with E-state index >= 15 is 0 Å². The molecular weight excluding hydrogens is 347 g/mol. The second-order valence-electron chi connectivity index (χ2n) is 6.04. The number of nitrogens with zero attached hydrogens (tertiary/aromatic N) is 2. The zero-order chi connectivity index (χ0) is 19.4. The number of hydrogen-bond donors (Lipinski definition) is 3. The number of rotatable bonds is 10. The first kappa shape index (κ1) is 22.0. The van der Waals surface area contributed by atoms with Gasteiger partial charge in [-0.25, -0.2) is 4.98 Å². The van der Waals surface area contributed by atoms with E-state index < -0.39 is 11.7 Å². The Morgan fingerprint density at radius 3 is 2.58 bits per heavy atom. The molecule has 3 N–H and O–H groups in total. The van der Waals surface area contributed by atoms with E-state index in [1.165, 1.54) is 12.3 Å². The summed E-state index contributed by atoms with van der Waals surface area (Å²) in [5.41, 5.74) is -0.777. The van der Waals surface area contributed by atoms with Crippen molar-refractivity contribution in [1.29, 1.82) is 0 Å². The molecule has 9 heteroatoms. The van der Waals surface area contributed by atoms with E-state index in [0.717, 1.165) is 19.1 Å². The largest absolute Gasteiger partial charge is 0.419 e. The van der Waals surface area contributed by atoms with Gasteiger partial charge in [0.1, 0.15) is 5.82 Å². The van der Waals surface area contributed by atoms with Crippen LogP contribution in [0.1, 0.15) is 25.8 Å². The van der Waals surface area contributed by atoms with E-state index in [1.54, 1.807) is 7.05 Å². The van der Waals surface area contributed by atoms with Crippen LogP contribution in [0.3, 0.4) is 0 Å². The van der Waals surface area contributed by atoms with Gasteiger partial charge in [-0.2, -0.15) is 13.2 Å². The molecular formula is C17H28F3N5O. The standard InChI is InChI=1S/C17H28F3N5O/c1-13(2)6-11-26-12-10-25-16(21-3)24-9-8-23-15-14(17(18,19)20)5-4-7-22-15/h4-5,7,13H,6,8-12H2,1-3H3,(H,22,23)(H2,21,24,25). The van der Waals surface area contributed by atoms with E-state index in [9.17, 15) is 13.2 Å². The van der Waals surface area contributed by atoms with Gasteiger partial charge < -0.3 is 20.7 Å².